The van der Waals surface area contributed by atoms with Gasteiger partial charge in [-0.3, -0.25) is 14.5 Å². The summed E-state index contributed by atoms with van der Waals surface area (Å²) in [6, 6.07) is 14.7. The number of carbonyl (C=O) groups is 1. The molecule has 1 aliphatic heterocycles. The number of pyridine rings is 1. The average Bonchev–Trinajstić information content (AvgIpc) is 3.13. The Bertz CT molecular complexity index is 1430. The van der Waals surface area contributed by atoms with Crippen LogP contribution in [0, 0.1) is 0 Å². The lowest BCUT2D eigenvalue weighted by Gasteiger charge is -2.25. The molecule has 1 aliphatic rings. The number of amides is 1. The van der Waals surface area contributed by atoms with Gasteiger partial charge < -0.3 is 13.9 Å². The van der Waals surface area contributed by atoms with Gasteiger partial charge in [-0.25, -0.2) is 4.98 Å². The maximum absolute atomic E-state index is 13.6. The summed E-state index contributed by atoms with van der Waals surface area (Å²) in [5, 5.41) is 0.833. The first-order chi connectivity index (χ1) is 16.0. The summed E-state index contributed by atoms with van der Waals surface area (Å²) in [7, 11) is 1.54. The third kappa shape index (κ3) is 3.41. The molecule has 1 atom stereocenters. The van der Waals surface area contributed by atoms with E-state index in [1.807, 2.05) is 6.92 Å². The number of hydrogen-bond donors (Lipinski definition) is 0. The Hall–Kier alpha value is -3.84. The molecule has 7 nitrogen and oxygen atoms in total. The van der Waals surface area contributed by atoms with Crippen molar-refractivity contribution in [3.8, 4) is 11.5 Å². The smallest absolute Gasteiger partial charge is 0.296 e. The quantitative estimate of drug-likeness (QED) is 0.415. The monoisotopic (exact) mass is 462 g/mol. The summed E-state index contributed by atoms with van der Waals surface area (Å²) in [6.45, 7) is 2.35. The van der Waals surface area contributed by atoms with Crippen LogP contribution in [0.4, 0.5) is 5.82 Å². The number of carbonyl (C=O) groups excluding carboxylic acids is 1. The molecule has 0 radical (unpaired) electrons. The standard InChI is InChI=1S/C25H19ClN2O5/c1-3-32-18-10-8-14(12-19(18)31-2)22-21-23(29)16-6-4-5-7-17(16)33-24(21)25(30)28(22)20-11-9-15(26)13-27-20/h4-13,22H,3H2,1-2H3. The maximum Gasteiger partial charge on any atom is 0.296 e. The van der Waals surface area contributed by atoms with Crippen LogP contribution < -0.4 is 19.8 Å². The molecule has 0 fully saturated rings. The second kappa shape index (κ2) is 8.26. The van der Waals surface area contributed by atoms with Gasteiger partial charge in [0.05, 0.1) is 35.7 Å². The number of methoxy groups -OCH3 is 1. The number of benzene rings is 2. The summed E-state index contributed by atoms with van der Waals surface area (Å²) in [6.07, 6.45) is 1.45. The van der Waals surface area contributed by atoms with E-state index in [0.29, 0.717) is 45.5 Å². The molecule has 0 saturated heterocycles. The van der Waals surface area contributed by atoms with E-state index in [4.69, 9.17) is 25.5 Å². The van der Waals surface area contributed by atoms with Crippen molar-refractivity contribution in [1.82, 2.24) is 4.98 Å². The minimum Gasteiger partial charge on any atom is -0.493 e. The van der Waals surface area contributed by atoms with Crippen molar-refractivity contribution in [3.05, 3.63) is 92.9 Å². The summed E-state index contributed by atoms with van der Waals surface area (Å²) in [4.78, 5) is 32.9. The number of fused-ring (bicyclic) bond motifs is 2. The van der Waals surface area contributed by atoms with Crippen molar-refractivity contribution in [2.75, 3.05) is 18.6 Å². The normalized spacial score (nSPS) is 15.1. The van der Waals surface area contributed by atoms with Crippen LogP contribution in [0.3, 0.4) is 0 Å². The number of ether oxygens (including phenoxy) is 2. The molecule has 0 spiro atoms. The number of anilines is 1. The van der Waals surface area contributed by atoms with Crippen molar-refractivity contribution in [1.29, 1.82) is 0 Å². The van der Waals surface area contributed by atoms with Gasteiger partial charge in [-0.1, -0.05) is 29.8 Å². The predicted octanol–water partition coefficient (Wildman–Crippen LogP) is 5.00. The Labute approximate surface area is 194 Å². The fourth-order valence-corrected chi connectivity index (χ4v) is 4.22. The fraction of sp³-hybridized carbons (Fsp3) is 0.160. The molecular formula is C25H19ClN2O5. The van der Waals surface area contributed by atoms with Crippen molar-refractivity contribution in [2.24, 2.45) is 0 Å². The lowest BCUT2D eigenvalue weighted by atomic mass is 9.98. The largest absolute Gasteiger partial charge is 0.493 e. The van der Waals surface area contributed by atoms with Gasteiger partial charge in [0.2, 0.25) is 5.76 Å². The molecule has 0 N–H and O–H groups in total. The number of aromatic nitrogens is 1. The molecular weight excluding hydrogens is 444 g/mol. The van der Waals surface area contributed by atoms with Gasteiger partial charge in [-0.05, 0) is 48.9 Å². The van der Waals surface area contributed by atoms with E-state index in [-0.39, 0.29) is 16.8 Å². The lowest BCUT2D eigenvalue weighted by Crippen LogP contribution is -2.30. The van der Waals surface area contributed by atoms with Crippen LogP contribution in [0.1, 0.15) is 34.6 Å². The number of halogens is 1. The first kappa shape index (κ1) is 21.0. The van der Waals surface area contributed by atoms with Gasteiger partial charge in [0.15, 0.2) is 16.9 Å². The molecule has 0 saturated carbocycles. The van der Waals surface area contributed by atoms with Crippen LogP contribution in [-0.2, 0) is 0 Å². The highest BCUT2D eigenvalue weighted by molar-refractivity contribution is 6.30. The molecule has 2 aromatic heterocycles. The highest BCUT2D eigenvalue weighted by atomic mass is 35.5. The molecule has 1 unspecified atom stereocenters. The summed E-state index contributed by atoms with van der Waals surface area (Å²) in [5.74, 6) is 0.936. The minimum atomic E-state index is -0.772. The maximum atomic E-state index is 13.6. The van der Waals surface area contributed by atoms with Crippen molar-refractivity contribution in [2.45, 2.75) is 13.0 Å². The number of rotatable bonds is 5. The molecule has 166 valence electrons. The minimum absolute atomic E-state index is 0.00620. The first-order valence-electron chi connectivity index (χ1n) is 10.3. The van der Waals surface area contributed by atoms with E-state index in [1.165, 1.54) is 18.2 Å². The molecule has 5 rings (SSSR count). The molecule has 1 amide bonds. The first-order valence-corrected chi connectivity index (χ1v) is 10.7. The van der Waals surface area contributed by atoms with Crippen LogP contribution in [0.5, 0.6) is 11.5 Å². The van der Waals surface area contributed by atoms with E-state index in [0.717, 1.165) is 0 Å². The van der Waals surface area contributed by atoms with Crippen LogP contribution in [0.25, 0.3) is 11.0 Å². The summed E-state index contributed by atoms with van der Waals surface area (Å²) in [5.41, 5.74) is 0.987. The van der Waals surface area contributed by atoms with Gasteiger partial charge in [0.25, 0.3) is 5.91 Å². The Morgan fingerprint density at radius 3 is 2.64 bits per heavy atom. The van der Waals surface area contributed by atoms with Crippen LogP contribution in [0.2, 0.25) is 5.02 Å². The molecule has 2 aromatic carbocycles. The molecule has 8 heteroatoms. The SMILES string of the molecule is CCOc1ccc(C2c3c(oc4ccccc4c3=O)C(=O)N2c2ccc(Cl)cn2)cc1OC. The van der Waals surface area contributed by atoms with E-state index in [9.17, 15) is 9.59 Å². The van der Waals surface area contributed by atoms with E-state index in [1.54, 1.807) is 54.6 Å². The zero-order chi connectivity index (χ0) is 23.1. The highest BCUT2D eigenvalue weighted by Crippen LogP contribution is 2.42. The fourth-order valence-electron chi connectivity index (χ4n) is 4.11. The third-order valence-corrected chi connectivity index (χ3v) is 5.76. The molecule has 33 heavy (non-hydrogen) atoms. The Balaban J connectivity index is 1.77. The Kier molecular flexibility index (Phi) is 5.26. The van der Waals surface area contributed by atoms with Crippen LogP contribution in [-0.4, -0.2) is 24.6 Å². The third-order valence-electron chi connectivity index (χ3n) is 5.54. The predicted molar refractivity (Wildman–Crippen MR) is 125 cm³/mol. The molecule has 0 aliphatic carbocycles. The van der Waals surface area contributed by atoms with Crippen molar-refractivity contribution >= 4 is 34.3 Å². The van der Waals surface area contributed by atoms with Crippen LogP contribution >= 0.6 is 11.6 Å². The van der Waals surface area contributed by atoms with Crippen molar-refractivity contribution < 1.29 is 18.7 Å². The molecule has 3 heterocycles. The Morgan fingerprint density at radius 2 is 1.91 bits per heavy atom. The number of para-hydroxylation sites is 1. The Morgan fingerprint density at radius 1 is 1.09 bits per heavy atom. The summed E-state index contributed by atoms with van der Waals surface area (Å²) < 4.78 is 17.1. The second-order valence-electron chi connectivity index (χ2n) is 7.43. The van der Waals surface area contributed by atoms with Gasteiger partial charge >= 0.3 is 0 Å². The van der Waals surface area contributed by atoms with Gasteiger partial charge in [-0.15, -0.1) is 0 Å². The van der Waals surface area contributed by atoms with E-state index < -0.39 is 11.9 Å². The van der Waals surface area contributed by atoms with Crippen LogP contribution in [0.15, 0.2) is 70.0 Å². The number of nitrogens with zero attached hydrogens (tertiary/aromatic N) is 2. The van der Waals surface area contributed by atoms with E-state index >= 15 is 0 Å². The van der Waals surface area contributed by atoms with E-state index in [2.05, 4.69) is 4.98 Å². The molecule has 4 aromatic rings. The molecule has 0 bridgehead atoms. The van der Waals surface area contributed by atoms with Gasteiger partial charge in [-0.2, -0.15) is 0 Å². The lowest BCUT2D eigenvalue weighted by molar-refractivity contribution is 0.0970. The zero-order valence-corrected chi connectivity index (χ0v) is 18.6. The highest BCUT2D eigenvalue weighted by Gasteiger charge is 2.44. The van der Waals surface area contributed by atoms with Gasteiger partial charge in [0, 0.05) is 6.20 Å². The van der Waals surface area contributed by atoms with Gasteiger partial charge in [0.1, 0.15) is 11.4 Å². The second-order valence-corrected chi connectivity index (χ2v) is 7.86. The average molecular weight is 463 g/mol. The number of hydrogen-bond acceptors (Lipinski definition) is 6. The zero-order valence-electron chi connectivity index (χ0n) is 17.9. The topological polar surface area (TPSA) is 81.9 Å². The van der Waals surface area contributed by atoms with Crippen molar-refractivity contribution in [3.63, 3.8) is 0 Å². The summed E-state index contributed by atoms with van der Waals surface area (Å²) >= 11 is 6.02.